The van der Waals surface area contributed by atoms with Crippen LogP contribution in [0.1, 0.15) is 16.1 Å². The van der Waals surface area contributed by atoms with E-state index in [0.29, 0.717) is 5.69 Å². The van der Waals surface area contributed by atoms with Gasteiger partial charge in [0.15, 0.2) is 5.69 Å². The van der Waals surface area contributed by atoms with Gasteiger partial charge in [-0.2, -0.15) is 13.2 Å². The molecule has 0 unspecified atom stereocenters. The number of anilines is 4. The maximum absolute atomic E-state index is 13.0. The first-order chi connectivity index (χ1) is 10.7. The number of hydrogen-bond acceptors (Lipinski definition) is 7. The number of carbonyl (C=O) groups is 1. The topological polar surface area (TPSA) is 116 Å². The average Bonchev–Trinajstić information content (AvgIpc) is 2.48. The van der Waals surface area contributed by atoms with Gasteiger partial charge in [0.1, 0.15) is 5.56 Å². The summed E-state index contributed by atoms with van der Waals surface area (Å²) in [4.78, 5) is 18.4. The highest BCUT2D eigenvalue weighted by atomic mass is 19.4. The van der Waals surface area contributed by atoms with Gasteiger partial charge >= 0.3 is 12.1 Å². The van der Waals surface area contributed by atoms with Crippen LogP contribution in [0.15, 0.2) is 24.4 Å². The number of rotatable bonds is 3. The lowest BCUT2D eigenvalue weighted by Gasteiger charge is -2.13. The van der Waals surface area contributed by atoms with Crippen LogP contribution in [-0.2, 0) is 10.9 Å². The van der Waals surface area contributed by atoms with Crippen molar-refractivity contribution in [2.75, 3.05) is 23.9 Å². The Hall–Kier alpha value is -3.04. The van der Waals surface area contributed by atoms with Gasteiger partial charge in [-0.25, -0.2) is 14.8 Å². The first-order valence-corrected chi connectivity index (χ1v) is 6.17. The molecule has 0 aliphatic rings. The number of esters is 1. The number of nitrogens with two attached hydrogens (primary N) is 2. The molecule has 1 heterocycles. The van der Waals surface area contributed by atoms with Crippen molar-refractivity contribution in [1.82, 2.24) is 9.97 Å². The summed E-state index contributed by atoms with van der Waals surface area (Å²) in [5.74, 6) is -1.56. The van der Waals surface area contributed by atoms with Crippen molar-refractivity contribution in [2.45, 2.75) is 6.18 Å². The minimum absolute atomic E-state index is 0.208. The molecule has 0 aliphatic heterocycles. The van der Waals surface area contributed by atoms with Crippen molar-refractivity contribution in [3.63, 3.8) is 0 Å². The van der Waals surface area contributed by atoms with Gasteiger partial charge in [-0.3, -0.25) is 0 Å². The van der Waals surface area contributed by atoms with Gasteiger partial charge in [0, 0.05) is 11.9 Å². The standard InChI is InChI=1S/C13H12F3N5O2/c1-23-11(22)7-5-19-12(21-10(7)13(14,15)16)20-9-3-2-6(17)4-8(9)18/h2-5H,17-18H2,1H3,(H,19,20,21). The maximum Gasteiger partial charge on any atom is 0.434 e. The highest BCUT2D eigenvalue weighted by Gasteiger charge is 2.38. The minimum atomic E-state index is -4.85. The van der Waals surface area contributed by atoms with Crippen molar-refractivity contribution in [2.24, 2.45) is 0 Å². The monoisotopic (exact) mass is 327 g/mol. The number of nitrogens with one attached hydrogen (secondary N) is 1. The smallest absolute Gasteiger partial charge is 0.434 e. The van der Waals surface area contributed by atoms with E-state index in [0.717, 1.165) is 13.3 Å². The third-order valence-electron chi connectivity index (χ3n) is 2.78. The van der Waals surface area contributed by atoms with E-state index in [1.807, 2.05) is 0 Å². The lowest BCUT2D eigenvalue weighted by molar-refractivity contribution is -0.141. The van der Waals surface area contributed by atoms with E-state index in [1.54, 1.807) is 0 Å². The fourth-order valence-electron chi connectivity index (χ4n) is 1.73. The van der Waals surface area contributed by atoms with E-state index in [9.17, 15) is 18.0 Å². The Bertz CT molecular complexity index is 749. The van der Waals surface area contributed by atoms with Gasteiger partial charge < -0.3 is 21.5 Å². The Morgan fingerprint density at radius 1 is 1.30 bits per heavy atom. The molecule has 122 valence electrons. The van der Waals surface area contributed by atoms with Gasteiger partial charge in [-0.1, -0.05) is 0 Å². The van der Waals surface area contributed by atoms with Crippen LogP contribution in [0.4, 0.5) is 36.2 Å². The van der Waals surface area contributed by atoms with E-state index in [1.165, 1.54) is 18.2 Å². The van der Waals surface area contributed by atoms with Crippen molar-refractivity contribution in [1.29, 1.82) is 0 Å². The average molecular weight is 327 g/mol. The van der Waals surface area contributed by atoms with Crippen molar-refractivity contribution < 1.29 is 22.7 Å². The maximum atomic E-state index is 13.0. The fraction of sp³-hybridized carbons (Fsp3) is 0.154. The highest BCUT2D eigenvalue weighted by Crippen LogP contribution is 2.32. The van der Waals surface area contributed by atoms with E-state index < -0.39 is 23.4 Å². The SMILES string of the molecule is COC(=O)c1cnc(Nc2ccc(N)cc2N)nc1C(F)(F)F. The molecule has 1 aromatic carbocycles. The van der Waals surface area contributed by atoms with Crippen molar-refractivity contribution in [3.8, 4) is 0 Å². The number of benzene rings is 1. The van der Waals surface area contributed by atoms with Gasteiger partial charge in [-0.05, 0) is 18.2 Å². The first-order valence-electron chi connectivity index (χ1n) is 6.17. The molecule has 2 aromatic rings. The quantitative estimate of drug-likeness (QED) is 0.584. The van der Waals surface area contributed by atoms with Gasteiger partial charge in [-0.15, -0.1) is 0 Å². The summed E-state index contributed by atoms with van der Waals surface area (Å²) in [6, 6.07) is 4.40. The van der Waals surface area contributed by atoms with Crippen LogP contribution in [0.5, 0.6) is 0 Å². The van der Waals surface area contributed by atoms with Crippen LogP contribution < -0.4 is 16.8 Å². The second-order valence-electron chi connectivity index (χ2n) is 4.42. The third kappa shape index (κ3) is 3.59. The number of nitrogen functional groups attached to an aromatic ring is 2. The molecular formula is C13H12F3N5O2. The molecule has 0 amide bonds. The zero-order valence-electron chi connectivity index (χ0n) is 11.8. The highest BCUT2D eigenvalue weighted by molar-refractivity contribution is 5.90. The summed E-state index contributed by atoms with van der Waals surface area (Å²) in [6.07, 6.45) is -4.12. The van der Waals surface area contributed by atoms with Crippen LogP contribution in [0.25, 0.3) is 0 Å². The molecule has 23 heavy (non-hydrogen) atoms. The number of alkyl halides is 3. The fourth-order valence-corrected chi connectivity index (χ4v) is 1.73. The molecule has 7 nitrogen and oxygen atoms in total. The second-order valence-corrected chi connectivity index (χ2v) is 4.42. The van der Waals surface area contributed by atoms with Gasteiger partial charge in [0.05, 0.1) is 18.5 Å². The number of hydrogen-bond donors (Lipinski definition) is 3. The van der Waals surface area contributed by atoms with Gasteiger partial charge in [0.2, 0.25) is 5.95 Å². The first kappa shape index (κ1) is 16.3. The number of halogens is 3. The number of aromatic nitrogens is 2. The molecule has 0 fully saturated rings. The molecular weight excluding hydrogens is 315 g/mol. The van der Waals surface area contributed by atoms with Crippen LogP contribution in [0, 0.1) is 0 Å². The van der Waals surface area contributed by atoms with Crippen molar-refractivity contribution >= 4 is 29.0 Å². The summed E-state index contributed by atoms with van der Waals surface area (Å²) in [7, 11) is 0.962. The third-order valence-corrected chi connectivity index (χ3v) is 2.78. The molecule has 0 spiro atoms. The lowest BCUT2D eigenvalue weighted by atomic mass is 10.2. The summed E-state index contributed by atoms with van der Waals surface area (Å²) < 4.78 is 43.4. The molecule has 0 bridgehead atoms. The minimum Gasteiger partial charge on any atom is -0.465 e. The largest absolute Gasteiger partial charge is 0.465 e. The molecule has 2 rings (SSSR count). The zero-order valence-corrected chi connectivity index (χ0v) is 11.8. The molecule has 0 atom stereocenters. The normalized spacial score (nSPS) is 11.1. The van der Waals surface area contributed by atoms with Crippen LogP contribution >= 0.6 is 0 Å². The molecule has 5 N–H and O–H groups in total. The molecule has 0 saturated heterocycles. The molecule has 0 radical (unpaired) electrons. The summed E-state index contributed by atoms with van der Waals surface area (Å²) in [6.45, 7) is 0. The molecule has 0 saturated carbocycles. The number of ether oxygens (including phenoxy) is 1. The summed E-state index contributed by atoms with van der Waals surface area (Å²) in [5.41, 5.74) is 9.92. The Balaban J connectivity index is 2.43. The molecule has 1 aromatic heterocycles. The second kappa shape index (κ2) is 5.99. The summed E-state index contributed by atoms with van der Waals surface area (Å²) >= 11 is 0. The lowest BCUT2D eigenvalue weighted by Crippen LogP contribution is -2.18. The number of methoxy groups -OCH3 is 1. The van der Waals surface area contributed by atoms with Crippen molar-refractivity contribution in [3.05, 3.63) is 35.7 Å². The van der Waals surface area contributed by atoms with Crippen LogP contribution in [0.3, 0.4) is 0 Å². The van der Waals surface area contributed by atoms with Crippen LogP contribution in [0.2, 0.25) is 0 Å². The Kier molecular flexibility index (Phi) is 4.25. The van der Waals surface area contributed by atoms with E-state index >= 15 is 0 Å². The van der Waals surface area contributed by atoms with E-state index in [4.69, 9.17) is 11.5 Å². The van der Waals surface area contributed by atoms with Gasteiger partial charge in [0.25, 0.3) is 0 Å². The zero-order chi connectivity index (χ0) is 17.2. The van der Waals surface area contributed by atoms with E-state index in [-0.39, 0.29) is 17.3 Å². The number of nitrogens with zero attached hydrogens (tertiary/aromatic N) is 2. The predicted octanol–water partition coefficient (Wildman–Crippen LogP) is 2.19. The predicted molar refractivity (Wildman–Crippen MR) is 76.9 cm³/mol. The Morgan fingerprint density at radius 2 is 2.00 bits per heavy atom. The summed E-state index contributed by atoms with van der Waals surface area (Å²) in [5, 5.41) is 2.54. The Morgan fingerprint density at radius 3 is 2.57 bits per heavy atom. The Labute approximate surface area is 128 Å². The molecule has 10 heteroatoms. The van der Waals surface area contributed by atoms with E-state index in [2.05, 4.69) is 20.0 Å². The van der Waals surface area contributed by atoms with Crippen LogP contribution in [-0.4, -0.2) is 23.0 Å². The molecule has 0 aliphatic carbocycles. The number of carbonyl (C=O) groups excluding carboxylic acids is 1.